The van der Waals surface area contributed by atoms with E-state index >= 15 is 0 Å². The maximum atomic E-state index is 12.1. The summed E-state index contributed by atoms with van der Waals surface area (Å²) in [5.74, 6) is -1.11. The molecule has 0 radical (unpaired) electrons. The molecule has 1 N–H and O–H groups in total. The number of benzene rings is 1. The monoisotopic (exact) mass is 372 g/mol. The second-order valence-corrected chi connectivity index (χ2v) is 8.29. The number of carbonyl (C=O) groups is 1. The molecule has 23 heavy (non-hydrogen) atoms. The van der Waals surface area contributed by atoms with Crippen molar-refractivity contribution in [2.24, 2.45) is 0 Å². The van der Waals surface area contributed by atoms with E-state index in [1.165, 1.54) is 28.3 Å². The van der Waals surface area contributed by atoms with Crippen molar-refractivity contribution in [2.45, 2.75) is 30.6 Å². The van der Waals surface area contributed by atoms with Gasteiger partial charge < -0.3 is 5.32 Å². The number of fused-ring (bicyclic) bond motifs is 1. The van der Waals surface area contributed by atoms with Gasteiger partial charge in [0.2, 0.25) is 5.91 Å². The zero-order valence-corrected chi connectivity index (χ0v) is 14.8. The average Bonchev–Trinajstić information content (AvgIpc) is 2.89. The molecule has 0 saturated carbocycles. The minimum atomic E-state index is -3.62. The van der Waals surface area contributed by atoms with Gasteiger partial charge in [0.05, 0.1) is 10.6 Å². The smallest absolute Gasteiger partial charge is 0.241 e. The highest BCUT2D eigenvalue weighted by atomic mass is 35.5. The maximum absolute atomic E-state index is 12.1. The van der Waals surface area contributed by atoms with Crippen LogP contribution < -0.4 is 5.32 Å². The number of anilines is 1. The van der Waals surface area contributed by atoms with Crippen LogP contribution in [0, 0.1) is 0 Å². The molecule has 1 amide bonds. The van der Waals surface area contributed by atoms with E-state index in [-0.39, 0.29) is 17.3 Å². The SMILES string of the molecule is Cl.O=C(CS(=O)(=O)c1ccccc1)Nc1nc2c(s1)CCCC2. The first-order chi connectivity index (χ1) is 10.5. The van der Waals surface area contributed by atoms with Crippen molar-refractivity contribution in [3.63, 3.8) is 0 Å². The van der Waals surface area contributed by atoms with E-state index in [0.29, 0.717) is 5.13 Å². The van der Waals surface area contributed by atoms with Gasteiger partial charge in [0.25, 0.3) is 0 Å². The second kappa shape index (κ2) is 7.42. The average molecular weight is 373 g/mol. The Morgan fingerprint density at radius 3 is 2.57 bits per heavy atom. The summed E-state index contributed by atoms with van der Waals surface area (Å²) in [6.45, 7) is 0. The number of aryl methyl sites for hydroxylation is 2. The second-order valence-electron chi connectivity index (χ2n) is 5.22. The Hall–Kier alpha value is -1.44. The standard InChI is InChI=1S/C15H16N2O3S2.ClH/c18-14(10-22(19,20)11-6-2-1-3-7-11)17-15-16-12-8-4-5-9-13(12)21-15;/h1-3,6-7H,4-5,8-10H2,(H,16,17,18);1H. The highest BCUT2D eigenvalue weighted by Gasteiger charge is 2.21. The molecule has 0 fully saturated rings. The summed E-state index contributed by atoms with van der Waals surface area (Å²) in [6.07, 6.45) is 4.19. The number of aromatic nitrogens is 1. The molecule has 1 aliphatic rings. The number of carbonyl (C=O) groups excluding carboxylic acids is 1. The first-order valence-electron chi connectivity index (χ1n) is 7.11. The van der Waals surface area contributed by atoms with Crippen LogP contribution in [0.15, 0.2) is 35.2 Å². The fraction of sp³-hybridized carbons (Fsp3) is 0.333. The Bertz CT molecular complexity index is 765. The first-order valence-corrected chi connectivity index (χ1v) is 9.58. The molecular formula is C15H17ClN2O3S2. The third kappa shape index (κ3) is 4.31. The topological polar surface area (TPSA) is 76.1 Å². The molecule has 0 spiro atoms. The number of halogens is 1. The van der Waals surface area contributed by atoms with Crippen LogP contribution in [0.1, 0.15) is 23.4 Å². The van der Waals surface area contributed by atoms with Gasteiger partial charge in [0.1, 0.15) is 5.75 Å². The van der Waals surface area contributed by atoms with E-state index in [9.17, 15) is 13.2 Å². The molecule has 124 valence electrons. The first kappa shape index (κ1) is 17.9. The van der Waals surface area contributed by atoms with Gasteiger partial charge in [-0.3, -0.25) is 4.79 Å². The van der Waals surface area contributed by atoms with Crippen molar-refractivity contribution >= 4 is 44.6 Å². The summed E-state index contributed by atoms with van der Waals surface area (Å²) in [6, 6.07) is 7.99. The number of hydrogen-bond acceptors (Lipinski definition) is 5. The summed E-state index contributed by atoms with van der Waals surface area (Å²) < 4.78 is 24.3. The molecule has 2 aromatic rings. The van der Waals surface area contributed by atoms with Crippen LogP contribution in [0.4, 0.5) is 5.13 Å². The fourth-order valence-corrected chi connectivity index (χ4v) is 4.67. The normalized spacial score (nSPS) is 13.7. The van der Waals surface area contributed by atoms with Crippen molar-refractivity contribution in [3.8, 4) is 0 Å². The van der Waals surface area contributed by atoms with Gasteiger partial charge in [0, 0.05) is 4.88 Å². The van der Waals surface area contributed by atoms with E-state index in [1.807, 2.05) is 0 Å². The predicted octanol–water partition coefficient (Wildman–Crippen LogP) is 2.86. The van der Waals surface area contributed by atoms with Gasteiger partial charge >= 0.3 is 0 Å². The van der Waals surface area contributed by atoms with Crippen LogP contribution in [-0.2, 0) is 27.5 Å². The van der Waals surface area contributed by atoms with Gasteiger partial charge in [-0.2, -0.15) is 0 Å². The van der Waals surface area contributed by atoms with Gasteiger partial charge in [-0.25, -0.2) is 13.4 Å². The number of nitrogens with zero attached hydrogens (tertiary/aromatic N) is 1. The number of rotatable bonds is 4. The summed E-state index contributed by atoms with van der Waals surface area (Å²) in [4.78, 5) is 17.7. The van der Waals surface area contributed by atoms with Gasteiger partial charge in [-0.15, -0.1) is 23.7 Å². The van der Waals surface area contributed by atoms with Crippen molar-refractivity contribution in [1.82, 2.24) is 4.98 Å². The van der Waals surface area contributed by atoms with Crippen LogP contribution >= 0.6 is 23.7 Å². The number of thiazole rings is 1. The van der Waals surface area contributed by atoms with Gasteiger partial charge in [-0.1, -0.05) is 18.2 Å². The molecule has 1 heterocycles. The number of nitrogens with one attached hydrogen (secondary N) is 1. The highest BCUT2D eigenvalue weighted by Crippen LogP contribution is 2.29. The van der Waals surface area contributed by atoms with E-state index in [0.717, 1.165) is 31.4 Å². The van der Waals surface area contributed by atoms with Crippen molar-refractivity contribution in [3.05, 3.63) is 40.9 Å². The summed E-state index contributed by atoms with van der Waals surface area (Å²) in [5.41, 5.74) is 1.04. The molecular weight excluding hydrogens is 356 g/mol. The van der Waals surface area contributed by atoms with Crippen molar-refractivity contribution in [1.29, 1.82) is 0 Å². The summed E-state index contributed by atoms with van der Waals surface area (Å²) in [5, 5.41) is 3.11. The Kier molecular flexibility index (Phi) is 5.78. The summed E-state index contributed by atoms with van der Waals surface area (Å²) in [7, 11) is -3.62. The van der Waals surface area contributed by atoms with Crippen molar-refractivity contribution < 1.29 is 13.2 Å². The van der Waals surface area contributed by atoms with Crippen LogP contribution in [0.2, 0.25) is 0 Å². The number of hydrogen-bond donors (Lipinski definition) is 1. The molecule has 0 atom stereocenters. The molecule has 5 nitrogen and oxygen atoms in total. The molecule has 0 bridgehead atoms. The molecule has 1 aliphatic carbocycles. The minimum Gasteiger partial charge on any atom is -0.301 e. The van der Waals surface area contributed by atoms with E-state index in [4.69, 9.17) is 0 Å². The lowest BCUT2D eigenvalue weighted by Crippen LogP contribution is -2.22. The third-order valence-electron chi connectivity index (χ3n) is 3.52. The predicted molar refractivity (Wildman–Crippen MR) is 93.1 cm³/mol. The van der Waals surface area contributed by atoms with E-state index < -0.39 is 21.5 Å². The quantitative estimate of drug-likeness (QED) is 0.895. The molecule has 0 unspecified atom stereocenters. The lowest BCUT2D eigenvalue weighted by molar-refractivity contribution is -0.113. The Morgan fingerprint density at radius 1 is 1.17 bits per heavy atom. The van der Waals surface area contributed by atoms with Gasteiger partial charge in [0.15, 0.2) is 15.0 Å². The molecule has 8 heteroatoms. The molecule has 1 aromatic carbocycles. The van der Waals surface area contributed by atoms with Crippen molar-refractivity contribution in [2.75, 3.05) is 11.1 Å². The Balaban J connectivity index is 0.00000192. The highest BCUT2D eigenvalue weighted by molar-refractivity contribution is 7.92. The lowest BCUT2D eigenvalue weighted by atomic mass is 10.0. The van der Waals surface area contributed by atoms with E-state index in [1.54, 1.807) is 18.2 Å². The van der Waals surface area contributed by atoms with Crippen LogP contribution in [0.3, 0.4) is 0 Å². The maximum Gasteiger partial charge on any atom is 0.241 e. The molecule has 1 aromatic heterocycles. The number of sulfone groups is 1. The zero-order chi connectivity index (χ0) is 15.6. The van der Waals surface area contributed by atoms with Crippen LogP contribution in [0.5, 0.6) is 0 Å². The summed E-state index contributed by atoms with van der Waals surface area (Å²) >= 11 is 1.45. The largest absolute Gasteiger partial charge is 0.301 e. The molecule has 0 saturated heterocycles. The lowest BCUT2D eigenvalue weighted by Gasteiger charge is -2.06. The zero-order valence-electron chi connectivity index (χ0n) is 12.3. The van der Waals surface area contributed by atoms with Crippen LogP contribution in [-0.4, -0.2) is 25.1 Å². The Labute approximate surface area is 145 Å². The van der Waals surface area contributed by atoms with Gasteiger partial charge in [-0.05, 0) is 37.8 Å². The third-order valence-corrected chi connectivity index (χ3v) is 6.22. The minimum absolute atomic E-state index is 0. The molecule has 0 aliphatic heterocycles. The Morgan fingerprint density at radius 2 is 1.87 bits per heavy atom. The number of amides is 1. The fourth-order valence-electron chi connectivity index (χ4n) is 2.44. The van der Waals surface area contributed by atoms with E-state index in [2.05, 4.69) is 10.3 Å². The van der Waals surface area contributed by atoms with Crippen LogP contribution in [0.25, 0.3) is 0 Å². The molecule has 3 rings (SSSR count).